The molecule has 0 aromatic heterocycles. The Bertz CT molecular complexity index is 761. The van der Waals surface area contributed by atoms with Crippen LogP contribution in [0.4, 0.5) is 11.4 Å². The van der Waals surface area contributed by atoms with Gasteiger partial charge in [0.1, 0.15) is 11.4 Å². The number of hydrogen-bond acceptors (Lipinski definition) is 5. The summed E-state index contributed by atoms with van der Waals surface area (Å²) in [7, 11) is 0. The lowest BCUT2D eigenvalue weighted by Gasteiger charge is -2.39. The molecule has 2 aromatic carbocycles. The number of hydrogen-bond donors (Lipinski definition) is 4. The molecule has 5 N–H and O–H groups in total. The van der Waals surface area contributed by atoms with E-state index < -0.39 is 5.54 Å². The number of fused-ring (bicyclic) bond motifs is 1. The number of likely N-dealkylation sites (N-methyl/N-ethyl adjacent to an activating group) is 1. The number of benzene rings is 2. The number of aliphatic imine (C=N–C) groups is 1. The molecule has 1 heterocycles. The highest BCUT2D eigenvalue weighted by molar-refractivity contribution is 6.30. The van der Waals surface area contributed by atoms with Gasteiger partial charge in [0.2, 0.25) is 0 Å². The topological polar surface area (TPSA) is 74.5 Å². The van der Waals surface area contributed by atoms with Crippen LogP contribution in [0.3, 0.4) is 0 Å². The SMILES string of the molecule is CCNCC1(CN)Nc2ccccc2N=C1NCc1cccc(Cl)c1. The third-order valence-electron chi connectivity index (χ3n) is 4.34. The minimum absolute atomic E-state index is 0.426. The van der Waals surface area contributed by atoms with Crippen LogP contribution in [-0.4, -0.2) is 31.0 Å². The van der Waals surface area contributed by atoms with Crippen LogP contribution in [-0.2, 0) is 6.54 Å². The maximum absolute atomic E-state index is 6.18. The molecule has 5 nitrogen and oxygen atoms in total. The Labute approximate surface area is 153 Å². The van der Waals surface area contributed by atoms with Gasteiger partial charge in [-0.2, -0.15) is 0 Å². The Kier molecular flexibility index (Phi) is 5.58. The molecule has 6 heteroatoms. The number of nitrogens with zero attached hydrogens (tertiary/aromatic N) is 1. The summed E-state index contributed by atoms with van der Waals surface area (Å²) in [5.74, 6) is 0.842. The second-order valence-corrected chi connectivity index (χ2v) is 6.59. The van der Waals surface area contributed by atoms with Crippen molar-refractivity contribution in [3.8, 4) is 0 Å². The number of amidine groups is 1. The second kappa shape index (κ2) is 7.87. The fraction of sp³-hybridized carbons (Fsp3) is 0.316. The minimum Gasteiger partial charge on any atom is -0.369 e. The summed E-state index contributed by atoms with van der Waals surface area (Å²) in [4.78, 5) is 4.85. The van der Waals surface area contributed by atoms with Gasteiger partial charge < -0.3 is 21.7 Å². The van der Waals surface area contributed by atoms with Crippen molar-refractivity contribution >= 4 is 28.8 Å². The van der Waals surface area contributed by atoms with Crippen LogP contribution in [0.5, 0.6) is 0 Å². The molecule has 0 fully saturated rings. The zero-order valence-electron chi connectivity index (χ0n) is 14.3. The van der Waals surface area contributed by atoms with Gasteiger partial charge in [-0.25, -0.2) is 4.99 Å². The van der Waals surface area contributed by atoms with Crippen LogP contribution in [0.1, 0.15) is 12.5 Å². The minimum atomic E-state index is -0.469. The molecule has 0 radical (unpaired) electrons. The molecule has 0 aliphatic carbocycles. The molecular weight excluding hydrogens is 334 g/mol. The van der Waals surface area contributed by atoms with Crippen LogP contribution >= 0.6 is 11.6 Å². The lowest BCUT2D eigenvalue weighted by Crippen LogP contribution is -2.63. The van der Waals surface area contributed by atoms with Crippen LogP contribution in [0, 0.1) is 0 Å². The van der Waals surface area contributed by atoms with E-state index in [1.54, 1.807) is 0 Å². The molecule has 1 atom stereocenters. The maximum atomic E-state index is 6.18. The lowest BCUT2D eigenvalue weighted by atomic mass is 9.94. The number of nitrogens with one attached hydrogen (secondary N) is 3. The fourth-order valence-corrected chi connectivity index (χ4v) is 3.16. The molecule has 1 unspecified atom stereocenters. The molecule has 2 aromatic rings. The third kappa shape index (κ3) is 3.95. The van der Waals surface area contributed by atoms with Crippen molar-refractivity contribution in [2.24, 2.45) is 10.7 Å². The van der Waals surface area contributed by atoms with E-state index >= 15 is 0 Å². The number of para-hydroxylation sites is 2. The predicted molar refractivity (Wildman–Crippen MR) is 106 cm³/mol. The molecule has 1 aliphatic heterocycles. The zero-order chi connectivity index (χ0) is 17.7. The van der Waals surface area contributed by atoms with Gasteiger partial charge in [0.05, 0.1) is 11.4 Å². The van der Waals surface area contributed by atoms with E-state index in [9.17, 15) is 0 Å². The second-order valence-electron chi connectivity index (χ2n) is 6.15. The summed E-state index contributed by atoms with van der Waals surface area (Å²) >= 11 is 6.08. The molecule has 1 aliphatic rings. The summed E-state index contributed by atoms with van der Waals surface area (Å²) in [6, 6.07) is 15.8. The maximum Gasteiger partial charge on any atom is 0.131 e. The van der Waals surface area contributed by atoms with Crippen LogP contribution < -0.4 is 21.7 Å². The lowest BCUT2D eigenvalue weighted by molar-refractivity contribution is 0.536. The first-order valence-corrected chi connectivity index (χ1v) is 8.90. The molecule has 0 saturated heterocycles. The van der Waals surface area contributed by atoms with E-state index in [4.69, 9.17) is 22.3 Å². The van der Waals surface area contributed by atoms with Crippen LogP contribution in [0.25, 0.3) is 0 Å². The van der Waals surface area contributed by atoms with E-state index in [1.807, 2.05) is 48.5 Å². The molecular formula is C19H24ClN5. The summed E-state index contributed by atoms with van der Waals surface area (Å²) in [6.45, 7) is 4.70. The van der Waals surface area contributed by atoms with Gasteiger partial charge >= 0.3 is 0 Å². The van der Waals surface area contributed by atoms with Gasteiger partial charge in [0.25, 0.3) is 0 Å². The average molecular weight is 358 g/mol. The zero-order valence-corrected chi connectivity index (χ0v) is 15.1. The first-order chi connectivity index (χ1) is 12.2. The van der Waals surface area contributed by atoms with Gasteiger partial charge in [-0.05, 0) is 36.4 Å². The van der Waals surface area contributed by atoms with E-state index in [0.717, 1.165) is 34.3 Å². The Morgan fingerprint density at radius 3 is 2.80 bits per heavy atom. The van der Waals surface area contributed by atoms with Crippen molar-refractivity contribution in [1.29, 1.82) is 0 Å². The van der Waals surface area contributed by atoms with E-state index in [2.05, 4.69) is 22.9 Å². The van der Waals surface area contributed by atoms with Crippen molar-refractivity contribution in [3.63, 3.8) is 0 Å². The molecule has 0 bridgehead atoms. The summed E-state index contributed by atoms with van der Waals surface area (Å²) in [6.07, 6.45) is 0. The first kappa shape index (κ1) is 17.7. The smallest absolute Gasteiger partial charge is 0.131 e. The van der Waals surface area contributed by atoms with E-state index in [-0.39, 0.29) is 0 Å². The molecule has 3 rings (SSSR count). The van der Waals surface area contributed by atoms with Crippen LogP contribution in [0.2, 0.25) is 5.02 Å². The standard InChI is InChI=1S/C19H24ClN5/c1-2-22-13-19(12-21)18(23-11-14-6-5-7-15(20)10-14)24-16-8-3-4-9-17(16)25-19/h3-10,22,25H,2,11-13,21H2,1H3,(H,23,24). The van der Waals surface area contributed by atoms with Gasteiger partial charge in [-0.3, -0.25) is 0 Å². The predicted octanol–water partition coefficient (Wildman–Crippen LogP) is 2.89. The molecule has 0 spiro atoms. The molecule has 25 heavy (non-hydrogen) atoms. The highest BCUT2D eigenvalue weighted by Gasteiger charge is 2.37. The molecule has 0 saturated carbocycles. The molecule has 0 amide bonds. The number of anilines is 1. The highest BCUT2D eigenvalue weighted by Crippen LogP contribution is 2.32. The Hall–Kier alpha value is -2.08. The summed E-state index contributed by atoms with van der Waals surface area (Å²) in [5.41, 5.74) is 8.72. The largest absolute Gasteiger partial charge is 0.369 e. The highest BCUT2D eigenvalue weighted by atomic mass is 35.5. The number of nitrogens with two attached hydrogens (primary N) is 1. The third-order valence-corrected chi connectivity index (χ3v) is 4.57. The van der Waals surface area contributed by atoms with Gasteiger partial charge in [0, 0.05) is 24.7 Å². The summed E-state index contributed by atoms with van der Waals surface area (Å²) in [5, 5.41) is 11.2. The number of rotatable bonds is 6. The fourth-order valence-electron chi connectivity index (χ4n) is 2.95. The van der Waals surface area contributed by atoms with Crippen molar-refractivity contribution in [1.82, 2.24) is 10.6 Å². The van der Waals surface area contributed by atoms with E-state index in [0.29, 0.717) is 19.6 Å². The Morgan fingerprint density at radius 1 is 1.20 bits per heavy atom. The summed E-state index contributed by atoms with van der Waals surface area (Å²) < 4.78 is 0. The van der Waals surface area contributed by atoms with Gasteiger partial charge in [0.15, 0.2) is 0 Å². The van der Waals surface area contributed by atoms with Gasteiger partial charge in [-0.15, -0.1) is 0 Å². The first-order valence-electron chi connectivity index (χ1n) is 8.52. The van der Waals surface area contributed by atoms with Crippen molar-refractivity contribution < 1.29 is 0 Å². The Morgan fingerprint density at radius 2 is 2.04 bits per heavy atom. The van der Waals surface area contributed by atoms with Gasteiger partial charge in [-0.1, -0.05) is 42.8 Å². The molecule has 132 valence electrons. The quantitative estimate of drug-likeness (QED) is 0.641. The monoisotopic (exact) mass is 357 g/mol. The van der Waals surface area contributed by atoms with Crippen molar-refractivity contribution in [2.75, 3.05) is 25.0 Å². The Balaban J connectivity index is 1.89. The normalized spacial score (nSPS) is 18.9. The van der Waals surface area contributed by atoms with Crippen molar-refractivity contribution in [3.05, 3.63) is 59.1 Å². The average Bonchev–Trinajstić information content (AvgIpc) is 2.64. The number of halogens is 1. The van der Waals surface area contributed by atoms with E-state index in [1.165, 1.54) is 0 Å². The van der Waals surface area contributed by atoms with Crippen LogP contribution in [0.15, 0.2) is 53.5 Å². The van der Waals surface area contributed by atoms with Crippen molar-refractivity contribution in [2.45, 2.75) is 19.0 Å².